The first-order chi connectivity index (χ1) is 13.1. The van der Waals surface area contributed by atoms with Gasteiger partial charge in [0.25, 0.3) is 0 Å². The van der Waals surface area contributed by atoms with Crippen LogP contribution in [0.2, 0.25) is 0 Å². The Balaban J connectivity index is 1.44. The van der Waals surface area contributed by atoms with E-state index in [1.54, 1.807) is 14.2 Å². The number of piperidine rings is 1. The average molecular weight is 372 g/mol. The zero-order valence-electron chi connectivity index (χ0n) is 17.0. The van der Waals surface area contributed by atoms with Crippen LogP contribution in [-0.2, 0) is 11.3 Å². The summed E-state index contributed by atoms with van der Waals surface area (Å²) in [5.74, 6) is 0.926. The maximum absolute atomic E-state index is 5.40. The summed E-state index contributed by atoms with van der Waals surface area (Å²) in [4.78, 5) is 8.90. The minimum Gasteiger partial charge on any atom is -0.497 e. The molecule has 2 aliphatic heterocycles. The number of hydrogen-bond donors (Lipinski definition) is 1. The molecule has 1 N–H and O–H groups in total. The third-order valence-electron chi connectivity index (χ3n) is 6.62. The summed E-state index contributed by atoms with van der Waals surface area (Å²) in [5, 5.41) is 1.28. The fourth-order valence-corrected chi connectivity index (χ4v) is 5.09. The molecule has 1 atom stereocenters. The van der Waals surface area contributed by atoms with Crippen LogP contribution in [0, 0.1) is 12.3 Å². The number of nitrogens with zero attached hydrogens (tertiary/aromatic N) is 2. The molecular formula is C22H33N3O2. The van der Waals surface area contributed by atoms with Crippen LogP contribution in [0.3, 0.4) is 0 Å². The SMILES string of the molecule is COCCN1CCCC2(CCN(Cc3[nH]c4ccc(OC)cc4c3C)C2)C1. The van der Waals surface area contributed by atoms with Gasteiger partial charge in [-0.15, -0.1) is 0 Å². The van der Waals surface area contributed by atoms with Gasteiger partial charge < -0.3 is 19.4 Å². The number of methoxy groups -OCH3 is 2. The van der Waals surface area contributed by atoms with E-state index in [1.807, 2.05) is 6.07 Å². The normalized spacial score (nSPS) is 24.3. The van der Waals surface area contributed by atoms with Crippen molar-refractivity contribution in [2.24, 2.45) is 5.41 Å². The summed E-state index contributed by atoms with van der Waals surface area (Å²) in [6, 6.07) is 6.30. The second kappa shape index (κ2) is 7.82. The number of H-pyrrole nitrogens is 1. The predicted octanol–water partition coefficient (Wildman–Crippen LogP) is 3.42. The van der Waals surface area contributed by atoms with Gasteiger partial charge >= 0.3 is 0 Å². The van der Waals surface area contributed by atoms with E-state index >= 15 is 0 Å². The minimum absolute atomic E-state index is 0.481. The zero-order valence-corrected chi connectivity index (χ0v) is 17.0. The van der Waals surface area contributed by atoms with Crippen molar-refractivity contribution in [3.05, 3.63) is 29.5 Å². The lowest BCUT2D eigenvalue weighted by atomic mass is 9.79. The van der Waals surface area contributed by atoms with E-state index in [-0.39, 0.29) is 0 Å². The van der Waals surface area contributed by atoms with E-state index in [4.69, 9.17) is 9.47 Å². The van der Waals surface area contributed by atoms with Gasteiger partial charge in [0.15, 0.2) is 0 Å². The predicted molar refractivity (Wildman–Crippen MR) is 109 cm³/mol. The number of rotatable bonds is 6. The lowest BCUT2D eigenvalue weighted by Gasteiger charge is -2.40. The molecule has 5 nitrogen and oxygen atoms in total. The molecule has 3 heterocycles. The third kappa shape index (κ3) is 3.86. The molecule has 0 radical (unpaired) electrons. The Morgan fingerprint density at radius 3 is 2.78 bits per heavy atom. The average Bonchev–Trinajstić information content (AvgIpc) is 3.21. The van der Waals surface area contributed by atoms with Gasteiger partial charge in [0.1, 0.15) is 5.75 Å². The highest BCUT2D eigenvalue weighted by atomic mass is 16.5. The molecule has 27 heavy (non-hydrogen) atoms. The van der Waals surface area contributed by atoms with Gasteiger partial charge in [-0.3, -0.25) is 4.90 Å². The molecule has 0 saturated carbocycles. The van der Waals surface area contributed by atoms with Gasteiger partial charge in [-0.05, 0) is 68.5 Å². The van der Waals surface area contributed by atoms with Gasteiger partial charge in [-0.2, -0.15) is 0 Å². The van der Waals surface area contributed by atoms with E-state index in [9.17, 15) is 0 Å². The first kappa shape index (κ1) is 18.8. The van der Waals surface area contributed by atoms with Crippen LogP contribution in [0.5, 0.6) is 5.75 Å². The van der Waals surface area contributed by atoms with Gasteiger partial charge in [0, 0.05) is 49.9 Å². The van der Waals surface area contributed by atoms with Crippen LogP contribution < -0.4 is 4.74 Å². The van der Waals surface area contributed by atoms with Crippen molar-refractivity contribution in [1.82, 2.24) is 14.8 Å². The number of ether oxygens (including phenoxy) is 2. The largest absolute Gasteiger partial charge is 0.497 e. The summed E-state index contributed by atoms with van der Waals surface area (Å²) in [7, 11) is 3.53. The minimum atomic E-state index is 0.481. The van der Waals surface area contributed by atoms with Gasteiger partial charge in [0.2, 0.25) is 0 Å². The van der Waals surface area contributed by atoms with Crippen LogP contribution in [0.25, 0.3) is 10.9 Å². The summed E-state index contributed by atoms with van der Waals surface area (Å²) >= 11 is 0. The summed E-state index contributed by atoms with van der Waals surface area (Å²) < 4.78 is 10.7. The van der Waals surface area contributed by atoms with E-state index in [1.165, 1.54) is 67.6 Å². The second-order valence-corrected chi connectivity index (χ2v) is 8.47. The van der Waals surface area contributed by atoms with Gasteiger partial charge in [-0.1, -0.05) is 0 Å². The quantitative estimate of drug-likeness (QED) is 0.845. The summed E-state index contributed by atoms with van der Waals surface area (Å²) in [6.07, 6.45) is 4.02. The fourth-order valence-electron chi connectivity index (χ4n) is 5.09. The highest BCUT2D eigenvalue weighted by molar-refractivity contribution is 5.85. The maximum atomic E-state index is 5.40. The number of aryl methyl sites for hydroxylation is 1. The van der Waals surface area contributed by atoms with Crippen molar-refractivity contribution in [3.8, 4) is 5.75 Å². The molecule has 2 aromatic rings. The second-order valence-electron chi connectivity index (χ2n) is 8.47. The Bertz CT molecular complexity index is 787. The van der Waals surface area contributed by atoms with Crippen molar-refractivity contribution in [2.75, 3.05) is 53.6 Å². The van der Waals surface area contributed by atoms with Crippen LogP contribution >= 0.6 is 0 Å². The van der Waals surface area contributed by atoms with Gasteiger partial charge in [-0.25, -0.2) is 0 Å². The number of aromatic nitrogens is 1. The molecule has 5 heteroatoms. The molecular weight excluding hydrogens is 338 g/mol. The maximum Gasteiger partial charge on any atom is 0.119 e. The zero-order chi connectivity index (χ0) is 18.9. The molecule has 2 fully saturated rings. The molecule has 2 saturated heterocycles. The Kier molecular flexibility index (Phi) is 5.44. The molecule has 0 bridgehead atoms. The van der Waals surface area contributed by atoms with Crippen molar-refractivity contribution < 1.29 is 9.47 Å². The third-order valence-corrected chi connectivity index (χ3v) is 6.62. The van der Waals surface area contributed by atoms with E-state index < -0.39 is 0 Å². The summed E-state index contributed by atoms with van der Waals surface area (Å²) in [5.41, 5.74) is 4.40. The Morgan fingerprint density at radius 1 is 1.11 bits per heavy atom. The highest BCUT2D eigenvalue weighted by Gasteiger charge is 2.41. The number of likely N-dealkylation sites (tertiary alicyclic amines) is 2. The van der Waals surface area contributed by atoms with Crippen molar-refractivity contribution in [1.29, 1.82) is 0 Å². The number of nitrogens with one attached hydrogen (secondary N) is 1. The molecule has 4 rings (SSSR count). The fraction of sp³-hybridized carbons (Fsp3) is 0.636. The van der Waals surface area contributed by atoms with Crippen LogP contribution in [0.4, 0.5) is 0 Å². The molecule has 0 aliphatic carbocycles. The highest BCUT2D eigenvalue weighted by Crippen LogP contribution is 2.39. The van der Waals surface area contributed by atoms with Crippen molar-refractivity contribution >= 4 is 10.9 Å². The lowest BCUT2D eigenvalue weighted by molar-refractivity contribution is 0.0673. The number of fused-ring (bicyclic) bond motifs is 1. The molecule has 1 unspecified atom stereocenters. The Hall–Kier alpha value is -1.56. The molecule has 2 aliphatic rings. The van der Waals surface area contributed by atoms with E-state index in [0.29, 0.717) is 5.41 Å². The molecule has 1 aromatic heterocycles. The van der Waals surface area contributed by atoms with Crippen LogP contribution in [0.15, 0.2) is 18.2 Å². The summed E-state index contributed by atoms with van der Waals surface area (Å²) in [6.45, 7) is 10.0. The van der Waals surface area contributed by atoms with Gasteiger partial charge in [0.05, 0.1) is 13.7 Å². The Morgan fingerprint density at radius 2 is 1.96 bits per heavy atom. The topological polar surface area (TPSA) is 40.7 Å². The Labute approximate surface area is 162 Å². The van der Waals surface area contributed by atoms with Crippen LogP contribution in [-0.4, -0.2) is 68.3 Å². The molecule has 1 aromatic carbocycles. The first-order valence-corrected chi connectivity index (χ1v) is 10.2. The van der Waals surface area contributed by atoms with Crippen LogP contribution in [0.1, 0.15) is 30.5 Å². The molecule has 1 spiro atoms. The number of hydrogen-bond acceptors (Lipinski definition) is 4. The molecule has 0 amide bonds. The monoisotopic (exact) mass is 371 g/mol. The first-order valence-electron chi connectivity index (χ1n) is 10.2. The number of benzene rings is 1. The van der Waals surface area contributed by atoms with Crippen molar-refractivity contribution in [3.63, 3.8) is 0 Å². The van der Waals surface area contributed by atoms with E-state index in [2.05, 4.69) is 33.8 Å². The van der Waals surface area contributed by atoms with E-state index in [0.717, 1.165) is 25.4 Å². The lowest BCUT2D eigenvalue weighted by Crippen LogP contribution is -2.45. The molecule has 148 valence electrons. The smallest absolute Gasteiger partial charge is 0.119 e. The number of aromatic amines is 1. The standard InChI is InChI=1S/C22H33N3O2/c1-17-19-13-18(27-3)5-6-20(19)23-21(17)14-25-10-8-22(16-25)7-4-9-24(15-22)11-12-26-2/h5-6,13,23H,4,7-12,14-16H2,1-3H3. The van der Waals surface area contributed by atoms with Crippen molar-refractivity contribution in [2.45, 2.75) is 32.7 Å².